The molecule has 8 nitrogen and oxygen atoms in total. The summed E-state index contributed by atoms with van der Waals surface area (Å²) in [6, 6.07) is 5.73. The van der Waals surface area contributed by atoms with Gasteiger partial charge in [-0.1, -0.05) is 13.0 Å². The summed E-state index contributed by atoms with van der Waals surface area (Å²) in [6.07, 6.45) is 8.44. The molecule has 31 heavy (non-hydrogen) atoms. The number of benzene rings is 1. The van der Waals surface area contributed by atoms with Gasteiger partial charge in [0.05, 0.1) is 24.5 Å². The number of aryl methyl sites for hydroxylation is 1. The highest BCUT2D eigenvalue weighted by Gasteiger charge is 2.58. The number of piperidine rings is 1. The molecule has 2 unspecified atom stereocenters. The number of urea groups is 1. The Morgan fingerprint density at radius 2 is 2.10 bits per heavy atom. The molecule has 1 N–H and O–H groups in total. The molecule has 5 rings (SSSR count). The Hall–Kier alpha value is -3.36. The number of rotatable bonds is 4. The van der Waals surface area contributed by atoms with E-state index in [-0.39, 0.29) is 17.6 Å². The van der Waals surface area contributed by atoms with E-state index in [0.717, 1.165) is 42.8 Å². The van der Waals surface area contributed by atoms with Crippen molar-refractivity contribution in [3.63, 3.8) is 0 Å². The average Bonchev–Trinajstić information content (AvgIpc) is 3.22. The lowest BCUT2D eigenvalue weighted by Gasteiger charge is -2.63. The van der Waals surface area contributed by atoms with E-state index >= 15 is 0 Å². The molecule has 2 bridgehead atoms. The van der Waals surface area contributed by atoms with Gasteiger partial charge in [0.2, 0.25) is 0 Å². The van der Waals surface area contributed by atoms with Crippen LogP contribution in [0.1, 0.15) is 31.7 Å². The van der Waals surface area contributed by atoms with Gasteiger partial charge in [0.25, 0.3) is 0 Å². The van der Waals surface area contributed by atoms with Crippen molar-refractivity contribution >= 4 is 11.7 Å². The zero-order valence-electron chi connectivity index (χ0n) is 17.5. The zero-order valence-corrected chi connectivity index (χ0v) is 17.5. The van der Waals surface area contributed by atoms with Crippen LogP contribution in [-0.2, 0) is 6.54 Å². The SMILES string of the molecule is Cc1ccc(NC(=O)N2C3C[C@H](C)CC2(Cn2cncn2)C3)cc1-c1ncc(F)cn1. The summed E-state index contributed by atoms with van der Waals surface area (Å²) < 4.78 is 15.0. The maximum atomic E-state index is 13.3. The van der Waals surface area contributed by atoms with Crippen molar-refractivity contribution in [2.75, 3.05) is 5.32 Å². The van der Waals surface area contributed by atoms with Gasteiger partial charge < -0.3 is 10.2 Å². The molecule has 0 aliphatic carbocycles. The zero-order chi connectivity index (χ0) is 21.6. The largest absolute Gasteiger partial charge is 0.322 e. The minimum absolute atomic E-state index is 0.113. The molecule has 2 aliphatic heterocycles. The van der Waals surface area contributed by atoms with Crippen LogP contribution in [0.2, 0.25) is 0 Å². The van der Waals surface area contributed by atoms with E-state index < -0.39 is 5.82 Å². The third-order valence-corrected chi connectivity index (χ3v) is 6.39. The third-order valence-electron chi connectivity index (χ3n) is 6.39. The highest BCUT2D eigenvalue weighted by Crippen LogP contribution is 2.50. The van der Waals surface area contributed by atoms with Gasteiger partial charge in [-0.25, -0.2) is 24.1 Å². The van der Waals surface area contributed by atoms with E-state index in [1.54, 1.807) is 6.33 Å². The molecule has 3 atom stereocenters. The molecule has 160 valence electrons. The van der Waals surface area contributed by atoms with Crippen LogP contribution in [0.4, 0.5) is 14.9 Å². The second-order valence-corrected chi connectivity index (χ2v) is 8.78. The van der Waals surface area contributed by atoms with Crippen LogP contribution in [0.25, 0.3) is 11.4 Å². The van der Waals surface area contributed by atoms with Gasteiger partial charge in [-0.05, 0) is 49.8 Å². The molecule has 1 aromatic carbocycles. The van der Waals surface area contributed by atoms with E-state index in [1.807, 2.05) is 34.7 Å². The molecule has 4 heterocycles. The summed E-state index contributed by atoms with van der Waals surface area (Å²) in [5.74, 6) is 0.502. The van der Waals surface area contributed by atoms with Crippen LogP contribution in [0.3, 0.4) is 0 Å². The van der Waals surface area contributed by atoms with E-state index in [9.17, 15) is 9.18 Å². The van der Waals surface area contributed by atoms with Gasteiger partial charge in [-0.3, -0.25) is 4.68 Å². The predicted octanol–water partition coefficient (Wildman–Crippen LogP) is 3.66. The Labute approximate surface area is 179 Å². The molecule has 0 saturated carbocycles. The summed E-state index contributed by atoms with van der Waals surface area (Å²) in [6.45, 7) is 4.82. The first-order valence-corrected chi connectivity index (χ1v) is 10.4. The fourth-order valence-electron chi connectivity index (χ4n) is 5.25. The van der Waals surface area contributed by atoms with Crippen molar-refractivity contribution in [1.82, 2.24) is 29.6 Å². The first-order chi connectivity index (χ1) is 14.9. The standard InChI is InChI=1S/C22H24FN7O/c1-14-5-18-8-22(7-14,11-29-13-24-12-27-29)30(18)21(31)28-17-4-3-15(2)19(6-17)20-25-9-16(23)10-26-20/h3-4,6,9-10,12-14,18H,5,7-8,11H2,1-2H3,(H,28,31)/t14-,18?,22?/m0/s1. The van der Waals surface area contributed by atoms with E-state index in [1.165, 1.54) is 6.33 Å². The first-order valence-electron chi connectivity index (χ1n) is 10.4. The summed E-state index contributed by atoms with van der Waals surface area (Å²) >= 11 is 0. The minimum atomic E-state index is -0.484. The Morgan fingerprint density at radius 1 is 1.29 bits per heavy atom. The lowest BCUT2D eigenvalue weighted by molar-refractivity contribution is -0.100. The Bertz CT molecular complexity index is 1100. The van der Waals surface area contributed by atoms with Crippen molar-refractivity contribution in [3.05, 3.63) is 54.6 Å². The molecule has 3 aromatic rings. The number of anilines is 1. The van der Waals surface area contributed by atoms with Crippen molar-refractivity contribution in [2.24, 2.45) is 5.92 Å². The summed E-state index contributed by atoms with van der Waals surface area (Å²) in [7, 11) is 0. The maximum Gasteiger partial charge on any atom is 0.322 e. The van der Waals surface area contributed by atoms with E-state index in [4.69, 9.17) is 0 Å². The van der Waals surface area contributed by atoms with Crippen LogP contribution in [0, 0.1) is 18.7 Å². The highest BCUT2D eigenvalue weighted by molar-refractivity contribution is 5.91. The van der Waals surface area contributed by atoms with Gasteiger partial charge >= 0.3 is 6.03 Å². The van der Waals surface area contributed by atoms with E-state index in [2.05, 4.69) is 32.3 Å². The van der Waals surface area contributed by atoms with Gasteiger partial charge in [0.15, 0.2) is 11.6 Å². The van der Waals surface area contributed by atoms with Gasteiger partial charge in [-0.2, -0.15) is 5.10 Å². The molecule has 0 spiro atoms. The smallest absolute Gasteiger partial charge is 0.314 e. The number of aromatic nitrogens is 5. The highest BCUT2D eigenvalue weighted by atomic mass is 19.1. The van der Waals surface area contributed by atoms with Crippen LogP contribution < -0.4 is 5.32 Å². The van der Waals surface area contributed by atoms with Gasteiger partial charge in [0.1, 0.15) is 12.7 Å². The Kier molecular flexibility index (Phi) is 4.68. The Balaban J connectivity index is 1.38. The number of carbonyl (C=O) groups is 1. The lowest BCUT2D eigenvalue weighted by Crippen LogP contribution is -2.73. The molecule has 9 heteroatoms. The molecule has 0 radical (unpaired) electrons. The van der Waals surface area contributed by atoms with Crippen LogP contribution >= 0.6 is 0 Å². The quantitative estimate of drug-likeness (QED) is 0.695. The molecular weight excluding hydrogens is 397 g/mol. The van der Waals surface area contributed by atoms with Crippen LogP contribution in [-0.4, -0.2) is 47.2 Å². The summed E-state index contributed by atoms with van der Waals surface area (Å²) in [5, 5.41) is 7.30. The monoisotopic (exact) mass is 421 g/mol. The molecular formula is C22H24FN7O. The van der Waals surface area contributed by atoms with Crippen molar-refractivity contribution in [2.45, 2.75) is 51.2 Å². The maximum absolute atomic E-state index is 13.3. The van der Waals surface area contributed by atoms with Crippen molar-refractivity contribution < 1.29 is 9.18 Å². The van der Waals surface area contributed by atoms with Crippen LogP contribution in [0.5, 0.6) is 0 Å². The molecule has 2 aliphatic rings. The number of hydrogen-bond donors (Lipinski definition) is 1. The van der Waals surface area contributed by atoms with Gasteiger partial charge in [0, 0.05) is 17.3 Å². The number of nitrogens with one attached hydrogen (secondary N) is 1. The number of carbonyl (C=O) groups excluding carboxylic acids is 1. The normalized spacial score (nSPS) is 24.5. The fraction of sp³-hybridized carbons (Fsp3) is 0.409. The van der Waals surface area contributed by atoms with Crippen molar-refractivity contribution in [1.29, 1.82) is 0 Å². The second-order valence-electron chi connectivity index (χ2n) is 8.78. The van der Waals surface area contributed by atoms with Crippen molar-refractivity contribution in [3.8, 4) is 11.4 Å². The fourth-order valence-corrected chi connectivity index (χ4v) is 5.25. The predicted molar refractivity (Wildman–Crippen MR) is 113 cm³/mol. The number of hydrogen-bond acceptors (Lipinski definition) is 5. The Morgan fingerprint density at radius 3 is 2.84 bits per heavy atom. The van der Waals surface area contributed by atoms with E-state index in [0.29, 0.717) is 24.0 Å². The van der Waals surface area contributed by atoms with Crippen LogP contribution in [0.15, 0.2) is 43.2 Å². The lowest BCUT2D eigenvalue weighted by atomic mass is 9.64. The number of fused-ring (bicyclic) bond motifs is 2. The molecule has 2 saturated heterocycles. The summed E-state index contributed by atoms with van der Waals surface area (Å²) in [5.41, 5.74) is 2.12. The third kappa shape index (κ3) is 3.54. The first kappa shape index (κ1) is 19.6. The number of halogens is 1. The number of amides is 2. The molecule has 2 amide bonds. The number of nitrogens with zero attached hydrogens (tertiary/aromatic N) is 6. The second kappa shape index (κ2) is 7.40. The molecule has 2 fully saturated rings. The molecule has 2 aromatic heterocycles. The minimum Gasteiger partial charge on any atom is -0.314 e. The topological polar surface area (TPSA) is 88.8 Å². The summed E-state index contributed by atoms with van der Waals surface area (Å²) in [4.78, 5) is 27.5. The average molecular weight is 421 g/mol. The van der Waals surface area contributed by atoms with Gasteiger partial charge in [-0.15, -0.1) is 0 Å².